The van der Waals surface area contributed by atoms with Crippen molar-refractivity contribution in [1.29, 1.82) is 0 Å². The van der Waals surface area contributed by atoms with Crippen LogP contribution in [0.1, 0.15) is 22.3 Å². The van der Waals surface area contributed by atoms with Gasteiger partial charge in [-0.2, -0.15) is 0 Å². The zero-order chi connectivity index (χ0) is 31.3. The molecular weight excluding hydrogens is 591 g/mol. The van der Waals surface area contributed by atoms with E-state index >= 15 is 0 Å². The fourth-order valence-electron chi connectivity index (χ4n) is 5.30. The molecule has 5 atom stereocenters. The van der Waals surface area contributed by atoms with Crippen molar-refractivity contribution in [3.05, 3.63) is 144 Å². The zero-order valence-corrected chi connectivity index (χ0v) is 26.6. The number of hydrogen-bond acceptors (Lipinski definition) is 8. The molecule has 1 heterocycles. The van der Waals surface area contributed by atoms with E-state index < -0.39 is 37.9 Å². The molecule has 5 rings (SSSR count). The van der Waals surface area contributed by atoms with E-state index in [0.717, 1.165) is 22.3 Å². The van der Waals surface area contributed by atoms with Crippen LogP contribution in [0.15, 0.2) is 121 Å². The molecule has 238 valence electrons. The third kappa shape index (κ3) is 9.19. The standard InChI is InChI=1S/C36H41O8P/c1-38-45(37,39-2)36-35(43-26-31-21-13-6-14-22-31)34(42-25-30-19-11-5-12-20-30)33(41-24-29-17-9-4-10-18-29)32(44-36)27-40-23-28-15-7-3-8-16-28/h3-22,32-36H,23-27H2,1-2H3/t32-,33-,34+,35-,36-/m1/s1. The molecule has 1 fully saturated rings. The molecule has 9 heteroatoms. The summed E-state index contributed by atoms with van der Waals surface area (Å²) in [5.74, 6) is -1.11. The van der Waals surface area contributed by atoms with E-state index in [4.69, 9.17) is 32.7 Å². The Bertz CT molecular complexity index is 1430. The van der Waals surface area contributed by atoms with Crippen LogP contribution in [0.5, 0.6) is 0 Å². The van der Waals surface area contributed by atoms with E-state index in [-0.39, 0.29) is 19.8 Å². The zero-order valence-electron chi connectivity index (χ0n) is 25.7. The molecule has 0 spiro atoms. The van der Waals surface area contributed by atoms with Crippen LogP contribution in [0.3, 0.4) is 0 Å². The molecule has 4 aromatic carbocycles. The molecule has 1 aliphatic heterocycles. The van der Waals surface area contributed by atoms with E-state index in [9.17, 15) is 4.57 Å². The summed E-state index contributed by atoms with van der Waals surface area (Å²) < 4.78 is 57.7. The quantitative estimate of drug-likeness (QED) is 0.120. The summed E-state index contributed by atoms with van der Waals surface area (Å²) in [5, 5.41) is 0. The topological polar surface area (TPSA) is 81.7 Å². The van der Waals surface area contributed by atoms with Crippen molar-refractivity contribution in [1.82, 2.24) is 0 Å². The highest BCUT2D eigenvalue weighted by atomic mass is 31.2. The second-order valence-corrected chi connectivity index (χ2v) is 13.1. The average Bonchev–Trinajstić information content (AvgIpc) is 3.10. The van der Waals surface area contributed by atoms with Crippen molar-refractivity contribution in [2.75, 3.05) is 20.8 Å². The Kier molecular flexibility index (Phi) is 12.5. The highest BCUT2D eigenvalue weighted by molar-refractivity contribution is 7.54. The van der Waals surface area contributed by atoms with Gasteiger partial charge in [0.25, 0.3) is 0 Å². The van der Waals surface area contributed by atoms with Gasteiger partial charge < -0.3 is 32.7 Å². The van der Waals surface area contributed by atoms with Crippen molar-refractivity contribution in [2.45, 2.75) is 56.7 Å². The van der Waals surface area contributed by atoms with Crippen LogP contribution in [0, 0.1) is 0 Å². The van der Waals surface area contributed by atoms with Crippen LogP contribution in [0.25, 0.3) is 0 Å². The average molecular weight is 633 g/mol. The molecule has 4 aromatic rings. The lowest BCUT2D eigenvalue weighted by Gasteiger charge is -2.47. The first-order valence-corrected chi connectivity index (χ1v) is 16.7. The Morgan fingerprint density at radius 1 is 0.533 bits per heavy atom. The molecular formula is C36H41O8P. The second kappa shape index (κ2) is 16.9. The highest BCUT2D eigenvalue weighted by Crippen LogP contribution is 2.56. The smallest absolute Gasteiger partial charge is 0.361 e. The normalized spacial score (nSPS) is 21.9. The van der Waals surface area contributed by atoms with Gasteiger partial charge in [0.05, 0.1) is 33.0 Å². The van der Waals surface area contributed by atoms with Gasteiger partial charge in [-0.15, -0.1) is 0 Å². The minimum absolute atomic E-state index is 0.148. The molecule has 0 radical (unpaired) electrons. The van der Waals surface area contributed by atoms with Crippen LogP contribution < -0.4 is 0 Å². The first kappa shape index (κ1) is 33.2. The number of benzene rings is 4. The predicted octanol–water partition coefficient (Wildman–Crippen LogP) is 7.17. The third-order valence-electron chi connectivity index (χ3n) is 7.68. The lowest BCUT2D eigenvalue weighted by molar-refractivity contribution is -0.259. The summed E-state index contributed by atoms with van der Waals surface area (Å²) in [6.45, 7) is 1.32. The Morgan fingerprint density at radius 3 is 1.33 bits per heavy atom. The van der Waals surface area contributed by atoms with Gasteiger partial charge in [-0.05, 0) is 22.3 Å². The van der Waals surface area contributed by atoms with Crippen LogP contribution in [-0.2, 0) is 63.7 Å². The van der Waals surface area contributed by atoms with Crippen molar-refractivity contribution < 1.29 is 37.3 Å². The van der Waals surface area contributed by atoms with Crippen molar-refractivity contribution >= 4 is 7.60 Å². The maximum atomic E-state index is 14.1. The van der Waals surface area contributed by atoms with Gasteiger partial charge in [-0.1, -0.05) is 121 Å². The molecule has 0 aliphatic carbocycles. The molecule has 0 saturated carbocycles. The Balaban J connectivity index is 1.48. The van der Waals surface area contributed by atoms with Crippen molar-refractivity contribution in [3.8, 4) is 0 Å². The lowest BCUT2D eigenvalue weighted by Crippen LogP contribution is -2.61. The van der Waals surface area contributed by atoms with Gasteiger partial charge in [0.15, 0.2) is 5.85 Å². The highest BCUT2D eigenvalue weighted by Gasteiger charge is 2.55. The van der Waals surface area contributed by atoms with Gasteiger partial charge in [0, 0.05) is 14.2 Å². The van der Waals surface area contributed by atoms with Gasteiger partial charge in [0.1, 0.15) is 24.4 Å². The summed E-state index contributed by atoms with van der Waals surface area (Å²) in [4.78, 5) is 0. The molecule has 1 saturated heterocycles. The van der Waals surface area contributed by atoms with Crippen LogP contribution >= 0.6 is 7.60 Å². The van der Waals surface area contributed by atoms with Crippen molar-refractivity contribution in [2.24, 2.45) is 0 Å². The molecule has 8 nitrogen and oxygen atoms in total. The van der Waals surface area contributed by atoms with Gasteiger partial charge >= 0.3 is 7.60 Å². The van der Waals surface area contributed by atoms with E-state index in [1.54, 1.807) is 0 Å². The number of ether oxygens (including phenoxy) is 5. The number of hydrogen-bond donors (Lipinski definition) is 0. The van der Waals surface area contributed by atoms with Gasteiger partial charge in [-0.3, -0.25) is 4.57 Å². The van der Waals surface area contributed by atoms with Gasteiger partial charge in [0.2, 0.25) is 0 Å². The third-order valence-corrected chi connectivity index (χ3v) is 9.74. The Hall–Kier alpha value is -3.17. The van der Waals surface area contributed by atoms with Crippen LogP contribution in [-0.4, -0.2) is 51.1 Å². The molecule has 1 aliphatic rings. The molecule has 0 unspecified atom stereocenters. The molecule has 0 N–H and O–H groups in total. The van der Waals surface area contributed by atoms with Gasteiger partial charge in [-0.25, -0.2) is 0 Å². The van der Waals surface area contributed by atoms with Crippen LogP contribution in [0.4, 0.5) is 0 Å². The number of rotatable bonds is 16. The van der Waals surface area contributed by atoms with Crippen molar-refractivity contribution in [3.63, 3.8) is 0 Å². The molecule has 0 bridgehead atoms. The Labute approximate surface area is 265 Å². The largest absolute Gasteiger partial charge is 0.374 e. The minimum atomic E-state index is -3.84. The maximum Gasteiger partial charge on any atom is 0.361 e. The lowest BCUT2D eigenvalue weighted by atomic mass is 9.98. The first-order chi connectivity index (χ1) is 22.1. The summed E-state index contributed by atoms with van der Waals surface area (Å²) >= 11 is 0. The van der Waals surface area contributed by atoms with E-state index in [2.05, 4.69) is 0 Å². The van der Waals surface area contributed by atoms with E-state index in [1.165, 1.54) is 14.2 Å². The molecule has 0 aromatic heterocycles. The fraction of sp³-hybridized carbons (Fsp3) is 0.333. The SMILES string of the molecule is COP(=O)(OC)[C@H]1O[C@H](COCc2ccccc2)[C@@H](OCc2ccccc2)[C@H](OCc2ccccc2)[C@H]1OCc1ccccc1. The summed E-state index contributed by atoms with van der Waals surface area (Å²) in [7, 11) is -1.14. The summed E-state index contributed by atoms with van der Waals surface area (Å²) in [5.41, 5.74) is 3.93. The predicted molar refractivity (Wildman–Crippen MR) is 171 cm³/mol. The van der Waals surface area contributed by atoms with Crippen LogP contribution in [0.2, 0.25) is 0 Å². The fourth-order valence-corrected chi connectivity index (χ4v) is 6.79. The first-order valence-electron chi connectivity index (χ1n) is 15.0. The van der Waals surface area contributed by atoms with E-state index in [1.807, 2.05) is 121 Å². The molecule has 0 amide bonds. The molecule has 45 heavy (non-hydrogen) atoms. The minimum Gasteiger partial charge on any atom is -0.374 e. The maximum absolute atomic E-state index is 14.1. The monoisotopic (exact) mass is 632 g/mol. The summed E-state index contributed by atoms with van der Waals surface area (Å²) in [6.07, 6.45) is -2.92. The summed E-state index contributed by atoms with van der Waals surface area (Å²) in [6, 6.07) is 39.4. The Morgan fingerprint density at radius 2 is 0.911 bits per heavy atom. The van der Waals surface area contributed by atoms with E-state index in [0.29, 0.717) is 13.2 Å². The second-order valence-electron chi connectivity index (χ2n) is 10.8.